The molecule has 1 heteroatoms. The summed E-state index contributed by atoms with van der Waals surface area (Å²) in [5, 5.41) is 0. The van der Waals surface area contributed by atoms with Crippen molar-refractivity contribution in [3.8, 4) is 0 Å². The molecule has 0 saturated heterocycles. The minimum atomic E-state index is 0.721. The fourth-order valence-electron chi connectivity index (χ4n) is 4.49. The molecule has 3 rings (SSSR count). The summed E-state index contributed by atoms with van der Waals surface area (Å²) in [6.07, 6.45) is 16.6. The van der Waals surface area contributed by atoms with Crippen LogP contribution in [-0.4, -0.2) is 0 Å². The Morgan fingerprint density at radius 2 is 1.00 bits per heavy atom. The van der Waals surface area contributed by atoms with Crippen molar-refractivity contribution in [2.24, 2.45) is 0 Å². The van der Waals surface area contributed by atoms with Crippen molar-refractivity contribution < 1.29 is 0 Å². The van der Waals surface area contributed by atoms with E-state index in [9.17, 15) is 0 Å². The fraction of sp³-hybridized carbons (Fsp3) is 0.700. The zero-order valence-electron chi connectivity index (χ0n) is 13.4. The molecule has 0 amide bonds. The number of hydrogen-bond acceptors (Lipinski definition) is 1. The minimum Gasteiger partial charge on any atom is -0.398 e. The summed E-state index contributed by atoms with van der Waals surface area (Å²) < 4.78 is 0. The van der Waals surface area contributed by atoms with Crippen LogP contribution in [0.5, 0.6) is 0 Å². The van der Waals surface area contributed by atoms with Crippen LogP contribution in [0.15, 0.2) is 18.2 Å². The van der Waals surface area contributed by atoms with Gasteiger partial charge in [0.05, 0.1) is 0 Å². The molecule has 2 N–H and O–H groups in total. The van der Waals surface area contributed by atoms with Gasteiger partial charge in [-0.15, -0.1) is 0 Å². The van der Waals surface area contributed by atoms with Gasteiger partial charge in [0.1, 0.15) is 0 Å². The molecule has 2 saturated carbocycles. The highest BCUT2D eigenvalue weighted by Crippen LogP contribution is 2.40. The lowest BCUT2D eigenvalue weighted by molar-refractivity contribution is 0.580. The molecule has 0 spiro atoms. The third kappa shape index (κ3) is 3.62. The van der Waals surface area contributed by atoms with Crippen molar-refractivity contribution in [1.29, 1.82) is 0 Å². The van der Waals surface area contributed by atoms with Crippen molar-refractivity contribution >= 4 is 5.69 Å². The Morgan fingerprint density at radius 1 is 0.619 bits per heavy atom. The maximum absolute atomic E-state index is 6.65. The molecule has 0 unspecified atom stereocenters. The lowest BCUT2D eigenvalue weighted by Gasteiger charge is -2.23. The summed E-state index contributed by atoms with van der Waals surface area (Å²) in [7, 11) is 0. The summed E-state index contributed by atoms with van der Waals surface area (Å²) in [5.74, 6) is 1.44. The standard InChI is InChI=1S/C20H31N/c21-20-18(16-10-5-1-2-6-11-16)14-9-15-19(20)17-12-7-3-4-8-13-17/h9,14-17H,1-8,10-13,21H2. The molecule has 2 aliphatic carbocycles. The van der Waals surface area contributed by atoms with Crippen LogP contribution in [0, 0.1) is 0 Å². The van der Waals surface area contributed by atoms with E-state index >= 15 is 0 Å². The normalized spacial score (nSPS) is 22.7. The van der Waals surface area contributed by atoms with E-state index < -0.39 is 0 Å². The van der Waals surface area contributed by atoms with E-state index in [0.717, 1.165) is 17.5 Å². The summed E-state index contributed by atoms with van der Waals surface area (Å²) in [5.41, 5.74) is 10.7. The topological polar surface area (TPSA) is 26.0 Å². The number of hydrogen-bond donors (Lipinski definition) is 1. The average Bonchev–Trinajstić information content (AvgIpc) is 2.92. The molecule has 21 heavy (non-hydrogen) atoms. The zero-order valence-corrected chi connectivity index (χ0v) is 13.4. The molecule has 2 fully saturated rings. The Bertz CT molecular complexity index is 397. The van der Waals surface area contributed by atoms with Gasteiger partial charge in [0.15, 0.2) is 0 Å². The molecular formula is C20H31N. The first-order valence-electron chi connectivity index (χ1n) is 9.24. The Morgan fingerprint density at radius 3 is 1.38 bits per heavy atom. The molecule has 0 atom stereocenters. The Hall–Kier alpha value is -0.980. The molecule has 0 radical (unpaired) electrons. The largest absolute Gasteiger partial charge is 0.398 e. The van der Waals surface area contributed by atoms with Crippen LogP contribution < -0.4 is 5.73 Å². The van der Waals surface area contributed by atoms with Crippen molar-refractivity contribution in [2.45, 2.75) is 88.9 Å². The number of benzene rings is 1. The van der Waals surface area contributed by atoms with E-state index in [1.165, 1.54) is 88.2 Å². The Kier molecular flexibility index (Phi) is 5.22. The summed E-state index contributed by atoms with van der Waals surface area (Å²) in [4.78, 5) is 0. The fourth-order valence-corrected chi connectivity index (χ4v) is 4.49. The highest BCUT2D eigenvalue weighted by atomic mass is 14.6. The van der Waals surface area contributed by atoms with E-state index in [2.05, 4.69) is 18.2 Å². The Labute approximate surface area is 130 Å². The molecule has 1 aromatic rings. The van der Waals surface area contributed by atoms with Crippen LogP contribution in [0.1, 0.15) is 100 Å². The van der Waals surface area contributed by atoms with E-state index in [1.54, 1.807) is 0 Å². The quantitative estimate of drug-likeness (QED) is 0.512. The second-order valence-corrected chi connectivity index (χ2v) is 7.23. The Balaban J connectivity index is 1.83. The van der Waals surface area contributed by atoms with E-state index in [-0.39, 0.29) is 0 Å². The first-order chi connectivity index (χ1) is 10.4. The lowest BCUT2D eigenvalue weighted by Crippen LogP contribution is -2.08. The van der Waals surface area contributed by atoms with Gasteiger partial charge in [-0.2, -0.15) is 0 Å². The number of nitrogens with two attached hydrogens (primary N) is 1. The molecule has 0 bridgehead atoms. The molecule has 0 heterocycles. The molecule has 2 aliphatic rings. The van der Waals surface area contributed by atoms with Gasteiger partial charge < -0.3 is 5.73 Å². The second kappa shape index (κ2) is 7.33. The van der Waals surface area contributed by atoms with Crippen molar-refractivity contribution in [2.75, 3.05) is 5.73 Å². The van der Waals surface area contributed by atoms with Gasteiger partial charge in [-0.1, -0.05) is 69.6 Å². The minimum absolute atomic E-state index is 0.721. The number of para-hydroxylation sites is 1. The lowest BCUT2D eigenvalue weighted by atomic mass is 9.84. The molecule has 0 aliphatic heterocycles. The summed E-state index contributed by atoms with van der Waals surface area (Å²) in [6.45, 7) is 0. The third-order valence-corrected chi connectivity index (χ3v) is 5.76. The number of anilines is 1. The van der Waals surface area contributed by atoms with E-state index in [4.69, 9.17) is 5.73 Å². The average molecular weight is 285 g/mol. The van der Waals surface area contributed by atoms with Gasteiger partial charge in [-0.25, -0.2) is 0 Å². The van der Waals surface area contributed by atoms with Gasteiger partial charge in [-0.3, -0.25) is 0 Å². The number of rotatable bonds is 2. The highest BCUT2D eigenvalue weighted by Gasteiger charge is 2.22. The summed E-state index contributed by atoms with van der Waals surface area (Å²) >= 11 is 0. The van der Waals surface area contributed by atoms with Crippen LogP contribution >= 0.6 is 0 Å². The molecular weight excluding hydrogens is 254 g/mol. The molecule has 116 valence electrons. The second-order valence-electron chi connectivity index (χ2n) is 7.23. The zero-order chi connectivity index (χ0) is 14.5. The van der Waals surface area contributed by atoms with Crippen molar-refractivity contribution in [3.05, 3.63) is 29.3 Å². The summed E-state index contributed by atoms with van der Waals surface area (Å²) in [6, 6.07) is 6.90. The first kappa shape index (κ1) is 14.9. The van der Waals surface area contributed by atoms with Crippen LogP contribution in [0.4, 0.5) is 5.69 Å². The third-order valence-electron chi connectivity index (χ3n) is 5.76. The maximum Gasteiger partial charge on any atom is 0.0384 e. The predicted molar refractivity (Wildman–Crippen MR) is 91.7 cm³/mol. The highest BCUT2D eigenvalue weighted by molar-refractivity contribution is 5.56. The van der Waals surface area contributed by atoms with Gasteiger partial charge in [0.2, 0.25) is 0 Å². The van der Waals surface area contributed by atoms with Crippen LogP contribution in [0.2, 0.25) is 0 Å². The van der Waals surface area contributed by atoms with E-state index in [0.29, 0.717) is 0 Å². The smallest absolute Gasteiger partial charge is 0.0384 e. The van der Waals surface area contributed by atoms with Crippen LogP contribution in [-0.2, 0) is 0 Å². The van der Waals surface area contributed by atoms with Gasteiger partial charge in [0.25, 0.3) is 0 Å². The SMILES string of the molecule is Nc1c(C2CCCCCC2)cccc1C1CCCCCC1. The van der Waals surface area contributed by atoms with Crippen molar-refractivity contribution in [3.63, 3.8) is 0 Å². The van der Waals surface area contributed by atoms with Gasteiger partial charge >= 0.3 is 0 Å². The maximum atomic E-state index is 6.65. The molecule has 0 aromatic heterocycles. The van der Waals surface area contributed by atoms with Gasteiger partial charge in [0, 0.05) is 5.69 Å². The van der Waals surface area contributed by atoms with Crippen molar-refractivity contribution in [1.82, 2.24) is 0 Å². The monoisotopic (exact) mass is 285 g/mol. The predicted octanol–water partition coefficient (Wildman–Crippen LogP) is 6.14. The van der Waals surface area contributed by atoms with E-state index in [1.807, 2.05) is 0 Å². The van der Waals surface area contributed by atoms with Crippen LogP contribution in [0.25, 0.3) is 0 Å². The first-order valence-corrected chi connectivity index (χ1v) is 9.24. The molecule has 1 aromatic carbocycles. The molecule has 1 nitrogen and oxygen atoms in total. The number of nitrogen functional groups attached to an aromatic ring is 1. The van der Waals surface area contributed by atoms with Gasteiger partial charge in [-0.05, 0) is 48.6 Å². The van der Waals surface area contributed by atoms with Crippen LogP contribution in [0.3, 0.4) is 0 Å².